The lowest BCUT2D eigenvalue weighted by Gasteiger charge is -2.15. The highest BCUT2D eigenvalue weighted by atomic mass is 16.1. The van der Waals surface area contributed by atoms with Crippen molar-refractivity contribution >= 4 is 5.91 Å². The van der Waals surface area contributed by atoms with Crippen LogP contribution in [0.15, 0.2) is 0 Å². The number of carbonyl (C=O) groups is 1. The molecule has 1 aliphatic heterocycles. The van der Waals surface area contributed by atoms with Crippen molar-refractivity contribution < 1.29 is 4.79 Å². The topological polar surface area (TPSA) is 56.1 Å². The Morgan fingerprint density at radius 3 is 3.00 bits per heavy atom. The summed E-state index contributed by atoms with van der Waals surface area (Å²) in [5, 5.41) is 11.5. The minimum atomic E-state index is 0.0417. The summed E-state index contributed by atoms with van der Waals surface area (Å²) in [4.78, 5) is 13.4. The van der Waals surface area contributed by atoms with Crippen molar-refractivity contribution in [2.45, 2.75) is 26.3 Å². The third-order valence-corrected chi connectivity index (χ3v) is 2.44. The fourth-order valence-electron chi connectivity index (χ4n) is 1.56. The number of carbonyl (C=O) groups excluding carboxylic acids is 1. The molecule has 4 nitrogen and oxygen atoms in total. The molecular formula is C10H17N3O. The number of nitrogens with one attached hydrogen (secondary N) is 1. The molecule has 78 valence electrons. The monoisotopic (exact) mass is 195 g/mol. The van der Waals surface area contributed by atoms with E-state index < -0.39 is 0 Å². The van der Waals surface area contributed by atoms with Gasteiger partial charge < -0.3 is 5.32 Å². The number of hydrogen-bond acceptors (Lipinski definition) is 3. The van der Waals surface area contributed by atoms with Crippen LogP contribution in [0.4, 0.5) is 0 Å². The van der Waals surface area contributed by atoms with Gasteiger partial charge in [0, 0.05) is 25.0 Å². The van der Waals surface area contributed by atoms with E-state index in [4.69, 9.17) is 5.26 Å². The van der Waals surface area contributed by atoms with Gasteiger partial charge >= 0.3 is 0 Å². The van der Waals surface area contributed by atoms with E-state index in [2.05, 4.69) is 16.3 Å². The Bertz CT molecular complexity index is 244. The Hall–Kier alpha value is -1.08. The Balaban J connectivity index is 2.29. The molecule has 0 saturated carbocycles. The lowest BCUT2D eigenvalue weighted by molar-refractivity contribution is -0.124. The van der Waals surface area contributed by atoms with Gasteiger partial charge in [-0.2, -0.15) is 5.26 Å². The molecule has 0 aromatic carbocycles. The molecule has 14 heavy (non-hydrogen) atoms. The summed E-state index contributed by atoms with van der Waals surface area (Å²) in [7, 11) is 0. The predicted molar refractivity (Wildman–Crippen MR) is 53.4 cm³/mol. The molecule has 0 bridgehead atoms. The SMILES string of the molecule is CC(C)C(=O)N[C@@H]1CCN(CC#N)C1. The molecule has 1 N–H and O–H groups in total. The fraction of sp³-hybridized carbons (Fsp3) is 0.800. The van der Waals surface area contributed by atoms with E-state index in [-0.39, 0.29) is 17.9 Å². The van der Waals surface area contributed by atoms with Gasteiger partial charge in [-0.15, -0.1) is 0 Å². The zero-order valence-corrected chi connectivity index (χ0v) is 8.79. The molecule has 1 heterocycles. The van der Waals surface area contributed by atoms with Gasteiger partial charge in [-0.25, -0.2) is 0 Å². The number of likely N-dealkylation sites (tertiary alicyclic amines) is 1. The second kappa shape index (κ2) is 4.97. The molecule has 0 radical (unpaired) electrons. The van der Waals surface area contributed by atoms with Crippen molar-refractivity contribution in [2.24, 2.45) is 5.92 Å². The van der Waals surface area contributed by atoms with Crippen molar-refractivity contribution in [1.29, 1.82) is 5.26 Å². The quantitative estimate of drug-likeness (QED) is 0.661. The highest BCUT2D eigenvalue weighted by Crippen LogP contribution is 2.08. The van der Waals surface area contributed by atoms with Gasteiger partial charge in [-0.05, 0) is 6.42 Å². The molecule has 1 aliphatic rings. The van der Waals surface area contributed by atoms with Crippen molar-refractivity contribution in [2.75, 3.05) is 19.6 Å². The average Bonchev–Trinajstić information content (AvgIpc) is 2.53. The highest BCUT2D eigenvalue weighted by molar-refractivity contribution is 5.78. The lowest BCUT2D eigenvalue weighted by atomic mass is 10.2. The number of hydrogen-bond donors (Lipinski definition) is 1. The summed E-state index contributed by atoms with van der Waals surface area (Å²) in [6.45, 7) is 5.96. The van der Waals surface area contributed by atoms with E-state index in [1.54, 1.807) is 0 Å². The van der Waals surface area contributed by atoms with Crippen LogP contribution in [0.25, 0.3) is 0 Å². The van der Waals surface area contributed by atoms with Gasteiger partial charge in [0.25, 0.3) is 0 Å². The summed E-state index contributed by atoms with van der Waals surface area (Å²) >= 11 is 0. The molecule has 0 aliphatic carbocycles. The average molecular weight is 195 g/mol. The molecule has 1 atom stereocenters. The van der Waals surface area contributed by atoms with Gasteiger partial charge in [0.2, 0.25) is 5.91 Å². The van der Waals surface area contributed by atoms with Gasteiger partial charge in [0.15, 0.2) is 0 Å². The van der Waals surface area contributed by atoms with Crippen LogP contribution in [0, 0.1) is 17.2 Å². The smallest absolute Gasteiger partial charge is 0.222 e. The van der Waals surface area contributed by atoms with E-state index in [0.29, 0.717) is 6.54 Å². The molecule has 1 rings (SSSR count). The lowest BCUT2D eigenvalue weighted by Crippen LogP contribution is -2.39. The maximum absolute atomic E-state index is 11.4. The third kappa shape index (κ3) is 3.00. The summed E-state index contributed by atoms with van der Waals surface area (Å²) in [6, 6.07) is 2.35. The first-order chi connectivity index (χ1) is 6.63. The predicted octanol–water partition coefficient (Wildman–Crippen LogP) is 0.356. The largest absolute Gasteiger partial charge is 0.352 e. The van der Waals surface area contributed by atoms with Crippen molar-refractivity contribution in [3.05, 3.63) is 0 Å². The van der Waals surface area contributed by atoms with E-state index in [1.807, 2.05) is 13.8 Å². The summed E-state index contributed by atoms with van der Waals surface area (Å²) in [5.41, 5.74) is 0. The van der Waals surface area contributed by atoms with Crippen molar-refractivity contribution in [1.82, 2.24) is 10.2 Å². The molecule has 1 fully saturated rings. The third-order valence-electron chi connectivity index (χ3n) is 2.44. The maximum atomic E-state index is 11.4. The first kappa shape index (κ1) is 11.0. The standard InChI is InChI=1S/C10H17N3O/c1-8(2)10(14)12-9-3-5-13(7-9)6-4-11/h8-9H,3,5-7H2,1-2H3,(H,12,14)/t9-/m1/s1. The second-order valence-corrected chi connectivity index (χ2v) is 4.04. The summed E-state index contributed by atoms with van der Waals surface area (Å²) in [6.07, 6.45) is 0.958. The molecule has 0 spiro atoms. The fourth-order valence-corrected chi connectivity index (χ4v) is 1.56. The van der Waals surface area contributed by atoms with Crippen LogP contribution < -0.4 is 5.32 Å². The molecule has 0 aromatic rings. The Labute approximate surface area is 84.9 Å². The van der Waals surface area contributed by atoms with Crippen LogP contribution in [0.5, 0.6) is 0 Å². The van der Waals surface area contributed by atoms with E-state index in [1.165, 1.54) is 0 Å². The summed E-state index contributed by atoms with van der Waals surface area (Å²) < 4.78 is 0. The second-order valence-electron chi connectivity index (χ2n) is 4.04. The van der Waals surface area contributed by atoms with Gasteiger partial charge in [0.1, 0.15) is 0 Å². The highest BCUT2D eigenvalue weighted by Gasteiger charge is 2.23. The van der Waals surface area contributed by atoms with Crippen LogP contribution >= 0.6 is 0 Å². The molecule has 0 aromatic heterocycles. The molecule has 1 amide bonds. The Morgan fingerprint density at radius 2 is 2.43 bits per heavy atom. The van der Waals surface area contributed by atoms with Crippen LogP contribution in [-0.2, 0) is 4.79 Å². The first-order valence-electron chi connectivity index (χ1n) is 5.03. The maximum Gasteiger partial charge on any atom is 0.222 e. The van der Waals surface area contributed by atoms with Crippen LogP contribution in [-0.4, -0.2) is 36.5 Å². The van der Waals surface area contributed by atoms with Crippen LogP contribution in [0.2, 0.25) is 0 Å². The van der Waals surface area contributed by atoms with E-state index in [0.717, 1.165) is 19.5 Å². The Morgan fingerprint density at radius 1 is 1.71 bits per heavy atom. The van der Waals surface area contributed by atoms with E-state index >= 15 is 0 Å². The van der Waals surface area contributed by atoms with Crippen molar-refractivity contribution in [3.8, 4) is 6.07 Å². The van der Waals surface area contributed by atoms with Gasteiger partial charge in [-0.1, -0.05) is 13.8 Å². The number of nitrogens with zero attached hydrogens (tertiary/aromatic N) is 2. The molecule has 0 unspecified atom stereocenters. The Kier molecular flexibility index (Phi) is 3.90. The molecular weight excluding hydrogens is 178 g/mol. The normalized spacial score (nSPS) is 22.3. The number of rotatable bonds is 3. The number of amides is 1. The van der Waals surface area contributed by atoms with Gasteiger partial charge in [0.05, 0.1) is 12.6 Å². The zero-order chi connectivity index (χ0) is 10.6. The van der Waals surface area contributed by atoms with Crippen LogP contribution in [0.3, 0.4) is 0 Å². The minimum Gasteiger partial charge on any atom is -0.352 e. The summed E-state index contributed by atoms with van der Waals surface area (Å²) in [5.74, 6) is 0.147. The first-order valence-corrected chi connectivity index (χ1v) is 5.03. The molecule has 1 saturated heterocycles. The molecule has 4 heteroatoms. The van der Waals surface area contributed by atoms with Crippen molar-refractivity contribution in [3.63, 3.8) is 0 Å². The van der Waals surface area contributed by atoms with E-state index in [9.17, 15) is 4.79 Å². The minimum absolute atomic E-state index is 0.0417. The zero-order valence-electron chi connectivity index (χ0n) is 8.79. The number of nitriles is 1. The van der Waals surface area contributed by atoms with Crippen LogP contribution in [0.1, 0.15) is 20.3 Å². The van der Waals surface area contributed by atoms with Gasteiger partial charge in [-0.3, -0.25) is 9.69 Å².